The Morgan fingerprint density at radius 1 is 1.59 bits per heavy atom. The lowest BCUT2D eigenvalue weighted by atomic mass is 10.0. The third-order valence-corrected chi connectivity index (χ3v) is 3.12. The standard InChI is InChI=1S/C12H17N3O2/c1-9(4-6-13)8-10-14-11(15-17-10)12(2)5-3-7-16-12/h9H,3-5,7-8H2,1-2H3. The fraction of sp³-hybridized carbons (Fsp3) is 0.750. The summed E-state index contributed by atoms with van der Waals surface area (Å²) in [5.41, 5.74) is -0.389. The van der Waals surface area contributed by atoms with E-state index in [1.165, 1.54) is 0 Å². The van der Waals surface area contributed by atoms with E-state index in [0.29, 0.717) is 24.6 Å². The van der Waals surface area contributed by atoms with Gasteiger partial charge in [0.15, 0.2) is 0 Å². The zero-order valence-corrected chi connectivity index (χ0v) is 10.3. The SMILES string of the molecule is CC(CC#N)Cc1nc(C2(C)CCCO2)no1. The Morgan fingerprint density at radius 3 is 3.06 bits per heavy atom. The van der Waals surface area contributed by atoms with Crippen LogP contribution in [0.4, 0.5) is 0 Å². The monoisotopic (exact) mass is 235 g/mol. The molecule has 0 aliphatic carbocycles. The third kappa shape index (κ3) is 2.64. The Morgan fingerprint density at radius 2 is 2.41 bits per heavy atom. The van der Waals surface area contributed by atoms with Crippen LogP contribution in [0.15, 0.2) is 4.52 Å². The summed E-state index contributed by atoms with van der Waals surface area (Å²) in [7, 11) is 0. The number of aromatic nitrogens is 2. The van der Waals surface area contributed by atoms with Crippen molar-refractivity contribution in [3.05, 3.63) is 11.7 Å². The normalized spacial score (nSPS) is 25.7. The van der Waals surface area contributed by atoms with Gasteiger partial charge >= 0.3 is 0 Å². The van der Waals surface area contributed by atoms with E-state index in [9.17, 15) is 0 Å². The lowest BCUT2D eigenvalue weighted by Gasteiger charge is -2.17. The molecule has 1 aromatic heterocycles. The highest BCUT2D eigenvalue weighted by Crippen LogP contribution is 2.33. The average Bonchev–Trinajstić information content (AvgIpc) is 2.88. The molecular formula is C12H17N3O2. The fourth-order valence-electron chi connectivity index (χ4n) is 2.03. The molecule has 1 saturated heterocycles. The minimum Gasteiger partial charge on any atom is -0.367 e. The summed E-state index contributed by atoms with van der Waals surface area (Å²) < 4.78 is 10.9. The first-order valence-electron chi connectivity index (χ1n) is 5.98. The van der Waals surface area contributed by atoms with Crippen molar-refractivity contribution in [3.63, 3.8) is 0 Å². The molecule has 0 N–H and O–H groups in total. The molecule has 1 aromatic rings. The Hall–Kier alpha value is -1.41. The van der Waals surface area contributed by atoms with Gasteiger partial charge in [0.2, 0.25) is 11.7 Å². The highest BCUT2D eigenvalue weighted by Gasteiger charge is 2.36. The van der Waals surface area contributed by atoms with Gasteiger partial charge in [-0.1, -0.05) is 12.1 Å². The Bertz CT molecular complexity index is 416. The summed E-state index contributed by atoms with van der Waals surface area (Å²) in [5.74, 6) is 1.47. The first-order chi connectivity index (χ1) is 8.14. The molecule has 0 bridgehead atoms. The van der Waals surface area contributed by atoms with Crippen LogP contribution in [-0.2, 0) is 16.8 Å². The maximum Gasteiger partial charge on any atom is 0.227 e. The number of hydrogen-bond acceptors (Lipinski definition) is 5. The smallest absolute Gasteiger partial charge is 0.227 e. The average molecular weight is 235 g/mol. The first kappa shape index (κ1) is 12.1. The second-order valence-electron chi connectivity index (χ2n) is 4.87. The van der Waals surface area contributed by atoms with E-state index in [4.69, 9.17) is 14.5 Å². The maximum atomic E-state index is 8.60. The Balaban J connectivity index is 2.03. The van der Waals surface area contributed by atoms with Crippen LogP contribution in [0.25, 0.3) is 0 Å². The molecule has 1 fully saturated rings. The van der Waals surface area contributed by atoms with Gasteiger partial charge in [0, 0.05) is 19.4 Å². The molecule has 2 rings (SSSR count). The highest BCUT2D eigenvalue weighted by atomic mass is 16.5. The fourth-order valence-corrected chi connectivity index (χ4v) is 2.03. The quantitative estimate of drug-likeness (QED) is 0.799. The van der Waals surface area contributed by atoms with E-state index in [1.54, 1.807) is 0 Å². The molecule has 2 atom stereocenters. The van der Waals surface area contributed by atoms with Gasteiger partial charge in [-0.15, -0.1) is 0 Å². The van der Waals surface area contributed by atoms with Gasteiger partial charge in [0.1, 0.15) is 5.60 Å². The number of rotatable bonds is 4. The van der Waals surface area contributed by atoms with Crippen molar-refractivity contribution in [2.75, 3.05) is 6.61 Å². The van der Waals surface area contributed by atoms with E-state index < -0.39 is 0 Å². The van der Waals surface area contributed by atoms with Crippen LogP contribution in [0, 0.1) is 17.2 Å². The Kier molecular flexibility index (Phi) is 3.43. The molecule has 0 radical (unpaired) electrons. The van der Waals surface area contributed by atoms with Crippen LogP contribution in [-0.4, -0.2) is 16.7 Å². The molecule has 5 heteroatoms. The molecule has 0 saturated carbocycles. The zero-order chi connectivity index (χ0) is 12.3. The van der Waals surface area contributed by atoms with Crippen molar-refractivity contribution in [3.8, 4) is 6.07 Å². The van der Waals surface area contributed by atoms with Crippen LogP contribution in [0.5, 0.6) is 0 Å². The molecule has 0 aromatic carbocycles. The van der Waals surface area contributed by atoms with Gasteiger partial charge in [-0.05, 0) is 25.7 Å². The lowest BCUT2D eigenvalue weighted by molar-refractivity contribution is 0.00768. The third-order valence-electron chi connectivity index (χ3n) is 3.12. The predicted molar refractivity (Wildman–Crippen MR) is 59.9 cm³/mol. The van der Waals surface area contributed by atoms with E-state index in [2.05, 4.69) is 16.2 Å². The minimum absolute atomic E-state index is 0.241. The lowest BCUT2D eigenvalue weighted by Crippen LogP contribution is -2.21. The maximum absolute atomic E-state index is 8.60. The number of hydrogen-bond donors (Lipinski definition) is 0. The van der Waals surface area contributed by atoms with Crippen molar-refractivity contribution < 1.29 is 9.26 Å². The highest BCUT2D eigenvalue weighted by molar-refractivity contribution is 5.02. The summed E-state index contributed by atoms with van der Waals surface area (Å²) in [6.07, 6.45) is 3.12. The molecule has 2 heterocycles. The van der Waals surface area contributed by atoms with Crippen LogP contribution in [0.1, 0.15) is 44.8 Å². The minimum atomic E-state index is -0.389. The molecule has 17 heavy (non-hydrogen) atoms. The van der Waals surface area contributed by atoms with Crippen LogP contribution < -0.4 is 0 Å². The molecule has 0 spiro atoms. The van der Waals surface area contributed by atoms with Crippen LogP contribution in [0.2, 0.25) is 0 Å². The largest absolute Gasteiger partial charge is 0.367 e. The summed E-state index contributed by atoms with van der Waals surface area (Å²) >= 11 is 0. The first-order valence-corrected chi connectivity index (χ1v) is 5.98. The molecule has 5 nitrogen and oxygen atoms in total. The second-order valence-corrected chi connectivity index (χ2v) is 4.87. The molecular weight excluding hydrogens is 218 g/mol. The zero-order valence-electron chi connectivity index (χ0n) is 10.3. The van der Waals surface area contributed by atoms with Crippen molar-refractivity contribution in [2.45, 2.75) is 45.1 Å². The van der Waals surface area contributed by atoms with Crippen molar-refractivity contribution in [1.29, 1.82) is 5.26 Å². The number of ether oxygens (including phenoxy) is 1. The summed E-state index contributed by atoms with van der Waals surface area (Å²) in [6, 6.07) is 2.14. The molecule has 1 aliphatic heterocycles. The van der Waals surface area contributed by atoms with Gasteiger partial charge in [-0.3, -0.25) is 0 Å². The number of nitriles is 1. The molecule has 92 valence electrons. The summed E-state index contributed by atoms with van der Waals surface area (Å²) in [6.45, 7) is 4.75. The van der Waals surface area contributed by atoms with E-state index in [1.807, 2.05) is 13.8 Å². The van der Waals surface area contributed by atoms with Gasteiger partial charge in [0.05, 0.1) is 6.07 Å². The number of nitrogens with zero attached hydrogens (tertiary/aromatic N) is 3. The van der Waals surface area contributed by atoms with Crippen LogP contribution in [0.3, 0.4) is 0 Å². The Labute approximate surface area is 101 Å². The van der Waals surface area contributed by atoms with Crippen molar-refractivity contribution in [1.82, 2.24) is 10.1 Å². The van der Waals surface area contributed by atoms with Gasteiger partial charge in [-0.2, -0.15) is 10.2 Å². The van der Waals surface area contributed by atoms with Crippen molar-refractivity contribution >= 4 is 0 Å². The summed E-state index contributed by atoms with van der Waals surface area (Å²) in [4.78, 5) is 4.37. The molecule has 1 aliphatic rings. The summed E-state index contributed by atoms with van der Waals surface area (Å²) in [5, 5.41) is 12.6. The van der Waals surface area contributed by atoms with Gasteiger partial charge < -0.3 is 9.26 Å². The topological polar surface area (TPSA) is 71.9 Å². The van der Waals surface area contributed by atoms with E-state index in [0.717, 1.165) is 19.4 Å². The van der Waals surface area contributed by atoms with E-state index >= 15 is 0 Å². The molecule has 2 unspecified atom stereocenters. The van der Waals surface area contributed by atoms with E-state index in [-0.39, 0.29) is 11.5 Å². The predicted octanol–water partition coefficient (Wildman–Crippen LogP) is 2.19. The van der Waals surface area contributed by atoms with Crippen molar-refractivity contribution in [2.24, 2.45) is 5.92 Å². The second kappa shape index (κ2) is 4.84. The van der Waals surface area contributed by atoms with Gasteiger partial charge in [0.25, 0.3) is 0 Å². The van der Waals surface area contributed by atoms with Crippen LogP contribution >= 0.6 is 0 Å². The molecule has 0 amide bonds. The van der Waals surface area contributed by atoms with Gasteiger partial charge in [-0.25, -0.2) is 0 Å².